The lowest BCUT2D eigenvalue weighted by atomic mass is 10.00. The lowest BCUT2D eigenvalue weighted by molar-refractivity contribution is -0.137. The highest BCUT2D eigenvalue weighted by Gasteiger charge is 2.31. The van der Waals surface area contributed by atoms with Crippen molar-refractivity contribution in [3.63, 3.8) is 0 Å². The van der Waals surface area contributed by atoms with E-state index in [4.69, 9.17) is 4.84 Å². The van der Waals surface area contributed by atoms with E-state index < -0.39 is 29.6 Å². The Morgan fingerprint density at radius 2 is 1.79 bits per heavy atom. The number of hydrogen-bond acceptors (Lipinski definition) is 3. The van der Waals surface area contributed by atoms with E-state index in [1.807, 2.05) is 31.2 Å². The second kappa shape index (κ2) is 9.67. The van der Waals surface area contributed by atoms with Gasteiger partial charge in [-0.3, -0.25) is 4.79 Å². The number of rotatable bonds is 6. The van der Waals surface area contributed by atoms with E-state index in [1.165, 1.54) is 35.2 Å². The highest BCUT2D eigenvalue weighted by atomic mass is 19.4. The van der Waals surface area contributed by atoms with Crippen LogP contribution in [-0.4, -0.2) is 29.2 Å². The minimum atomic E-state index is -4.45. The van der Waals surface area contributed by atoms with Gasteiger partial charge in [-0.05, 0) is 48.4 Å². The van der Waals surface area contributed by atoms with Crippen LogP contribution in [0.3, 0.4) is 0 Å². The molecular weight excluding hydrogens is 448 g/mol. The van der Waals surface area contributed by atoms with Gasteiger partial charge in [0.2, 0.25) is 0 Å². The molecule has 0 unspecified atom stereocenters. The van der Waals surface area contributed by atoms with E-state index in [1.54, 1.807) is 0 Å². The van der Waals surface area contributed by atoms with E-state index in [0.29, 0.717) is 12.0 Å². The molecule has 0 aromatic heterocycles. The van der Waals surface area contributed by atoms with Gasteiger partial charge in [0, 0.05) is 24.1 Å². The predicted octanol–water partition coefficient (Wildman–Crippen LogP) is 5.99. The first-order chi connectivity index (χ1) is 16.2. The number of nitrogens with zero attached hydrogens (tertiary/aromatic N) is 2. The SMILES string of the molecule is Cc1ccccc1C1=NO[C@@H](CN(Cc2ccc(C(F)(F)F)cc2)C(=O)c2cccc(F)c2)C1. The molecule has 0 saturated heterocycles. The standard InChI is InChI=1S/C26H22F4N2O2/c1-17-5-2-3-8-23(17)24-14-22(34-31-24)16-32(25(33)19-6-4-7-21(27)13-19)15-18-9-11-20(12-10-18)26(28,29)30/h2-13,22H,14-16H2,1H3/t22-/m1/s1. The number of oxime groups is 1. The second-order valence-electron chi connectivity index (χ2n) is 8.18. The monoisotopic (exact) mass is 470 g/mol. The van der Waals surface area contributed by atoms with Crippen LogP contribution in [0.4, 0.5) is 17.6 Å². The average molecular weight is 470 g/mol. The van der Waals surface area contributed by atoms with E-state index >= 15 is 0 Å². The van der Waals surface area contributed by atoms with Crippen LogP contribution in [0.5, 0.6) is 0 Å². The summed E-state index contributed by atoms with van der Waals surface area (Å²) in [5, 5.41) is 4.19. The first-order valence-electron chi connectivity index (χ1n) is 10.7. The number of benzene rings is 3. The minimum absolute atomic E-state index is 0.0348. The molecule has 0 radical (unpaired) electrons. The Kier molecular flexibility index (Phi) is 6.68. The predicted molar refractivity (Wildman–Crippen MR) is 120 cm³/mol. The third-order valence-corrected chi connectivity index (χ3v) is 5.63. The zero-order valence-electron chi connectivity index (χ0n) is 18.3. The number of alkyl halides is 3. The number of hydrogen-bond donors (Lipinski definition) is 0. The van der Waals surface area contributed by atoms with Gasteiger partial charge in [0.1, 0.15) is 5.82 Å². The Morgan fingerprint density at radius 3 is 2.47 bits per heavy atom. The lowest BCUT2D eigenvalue weighted by Crippen LogP contribution is -2.37. The van der Waals surface area contributed by atoms with Gasteiger partial charge in [0.05, 0.1) is 17.8 Å². The number of carbonyl (C=O) groups excluding carboxylic acids is 1. The first kappa shape index (κ1) is 23.5. The third-order valence-electron chi connectivity index (χ3n) is 5.63. The Morgan fingerprint density at radius 1 is 1.06 bits per heavy atom. The highest BCUT2D eigenvalue weighted by Crippen LogP contribution is 2.29. The van der Waals surface area contributed by atoms with Gasteiger partial charge in [0.25, 0.3) is 5.91 Å². The molecule has 3 aromatic rings. The van der Waals surface area contributed by atoms with E-state index in [9.17, 15) is 22.4 Å². The van der Waals surface area contributed by atoms with Crippen molar-refractivity contribution in [1.82, 2.24) is 4.90 Å². The molecule has 1 aliphatic rings. The van der Waals surface area contributed by atoms with Gasteiger partial charge >= 0.3 is 6.18 Å². The maximum atomic E-state index is 13.7. The summed E-state index contributed by atoms with van der Waals surface area (Å²) in [5.74, 6) is -1.00. The smallest absolute Gasteiger partial charge is 0.390 e. The molecule has 1 heterocycles. The molecule has 0 N–H and O–H groups in total. The molecule has 0 spiro atoms. The van der Waals surface area contributed by atoms with Crippen molar-refractivity contribution in [2.24, 2.45) is 5.16 Å². The fraction of sp³-hybridized carbons (Fsp3) is 0.231. The maximum Gasteiger partial charge on any atom is 0.416 e. The van der Waals surface area contributed by atoms with Gasteiger partial charge in [0.15, 0.2) is 6.10 Å². The summed E-state index contributed by atoms with van der Waals surface area (Å²) in [5.41, 5.74) is 2.64. The van der Waals surface area contributed by atoms with Gasteiger partial charge in [-0.15, -0.1) is 0 Å². The molecule has 1 amide bonds. The van der Waals surface area contributed by atoms with Crippen LogP contribution in [0.2, 0.25) is 0 Å². The van der Waals surface area contributed by atoms with Gasteiger partial charge in [-0.2, -0.15) is 13.2 Å². The van der Waals surface area contributed by atoms with Crippen LogP contribution < -0.4 is 0 Å². The molecule has 4 rings (SSSR count). The quantitative estimate of drug-likeness (QED) is 0.416. The van der Waals surface area contributed by atoms with Crippen molar-refractivity contribution in [2.45, 2.75) is 32.2 Å². The summed E-state index contributed by atoms with van der Waals surface area (Å²) in [6.07, 6.45) is -4.43. The molecule has 0 aliphatic carbocycles. The van der Waals surface area contributed by atoms with Gasteiger partial charge < -0.3 is 9.74 Å². The number of amides is 1. The summed E-state index contributed by atoms with van der Waals surface area (Å²) < 4.78 is 52.5. The molecule has 0 bridgehead atoms. The summed E-state index contributed by atoms with van der Waals surface area (Å²) in [7, 11) is 0. The molecule has 8 heteroatoms. The van der Waals surface area contributed by atoms with Crippen molar-refractivity contribution in [3.8, 4) is 0 Å². The molecular formula is C26H22F4N2O2. The number of carbonyl (C=O) groups is 1. The van der Waals surface area contributed by atoms with Crippen LogP contribution in [-0.2, 0) is 17.6 Å². The highest BCUT2D eigenvalue weighted by molar-refractivity contribution is 6.02. The fourth-order valence-electron chi connectivity index (χ4n) is 3.87. The molecule has 4 nitrogen and oxygen atoms in total. The summed E-state index contributed by atoms with van der Waals surface area (Å²) in [4.78, 5) is 20.2. The van der Waals surface area contributed by atoms with Crippen molar-refractivity contribution < 1.29 is 27.2 Å². The van der Waals surface area contributed by atoms with Crippen LogP contribution in [0.1, 0.15) is 39.0 Å². The van der Waals surface area contributed by atoms with E-state index in [2.05, 4.69) is 5.16 Å². The molecule has 176 valence electrons. The average Bonchev–Trinajstić information content (AvgIpc) is 3.26. The van der Waals surface area contributed by atoms with Crippen LogP contribution in [0.15, 0.2) is 78.0 Å². The molecule has 34 heavy (non-hydrogen) atoms. The molecule has 0 fully saturated rings. The Balaban J connectivity index is 1.53. The van der Waals surface area contributed by atoms with E-state index in [0.717, 1.165) is 35.0 Å². The molecule has 1 atom stereocenters. The summed E-state index contributed by atoms with van der Waals surface area (Å²) >= 11 is 0. The van der Waals surface area contributed by atoms with Crippen molar-refractivity contribution in [2.75, 3.05) is 6.54 Å². The largest absolute Gasteiger partial charge is 0.416 e. The second-order valence-corrected chi connectivity index (χ2v) is 8.18. The molecule has 0 saturated carbocycles. The van der Waals surface area contributed by atoms with Crippen molar-refractivity contribution in [1.29, 1.82) is 0 Å². The minimum Gasteiger partial charge on any atom is -0.390 e. The van der Waals surface area contributed by atoms with Crippen molar-refractivity contribution in [3.05, 3.63) is 106 Å². The van der Waals surface area contributed by atoms with Crippen LogP contribution in [0.25, 0.3) is 0 Å². The number of halogens is 4. The van der Waals surface area contributed by atoms with Crippen molar-refractivity contribution >= 4 is 11.6 Å². The summed E-state index contributed by atoms with van der Waals surface area (Å²) in [6.45, 7) is 2.14. The zero-order valence-corrected chi connectivity index (χ0v) is 18.3. The molecule has 1 aliphatic heterocycles. The fourth-order valence-corrected chi connectivity index (χ4v) is 3.87. The van der Waals surface area contributed by atoms with Gasteiger partial charge in [-0.1, -0.05) is 47.6 Å². The first-order valence-corrected chi connectivity index (χ1v) is 10.7. The van der Waals surface area contributed by atoms with Crippen LogP contribution in [0, 0.1) is 12.7 Å². The summed E-state index contributed by atoms with van der Waals surface area (Å²) in [6, 6.07) is 17.7. The Hall–Kier alpha value is -3.68. The molecule has 3 aromatic carbocycles. The third kappa shape index (κ3) is 5.44. The zero-order chi connectivity index (χ0) is 24.3. The van der Waals surface area contributed by atoms with Crippen LogP contribution >= 0.6 is 0 Å². The normalized spacial score (nSPS) is 15.6. The number of aryl methyl sites for hydroxylation is 1. The Bertz CT molecular complexity index is 1210. The van der Waals surface area contributed by atoms with E-state index in [-0.39, 0.29) is 18.7 Å². The topological polar surface area (TPSA) is 41.9 Å². The van der Waals surface area contributed by atoms with Gasteiger partial charge in [-0.25, -0.2) is 4.39 Å². The maximum absolute atomic E-state index is 13.7. The Labute approximate surface area is 194 Å². The lowest BCUT2D eigenvalue weighted by Gasteiger charge is -2.25.